The van der Waals surface area contributed by atoms with Crippen LogP contribution in [0.15, 0.2) is 22.7 Å². The Bertz CT molecular complexity index is 371. The Morgan fingerprint density at radius 1 is 1.35 bits per heavy atom. The lowest BCUT2D eigenvalue weighted by molar-refractivity contribution is 0.306. The van der Waals surface area contributed by atoms with Crippen LogP contribution >= 0.6 is 15.9 Å². The maximum atomic E-state index is 6.17. The molecule has 1 unspecified atom stereocenters. The van der Waals surface area contributed by atoms with E-state index < -0.39 is 0 Å². The number of methoxy groups -OCH3 is 1. The number of rotatable bonds is 4. The molecule has 0 spiro atoms. The first-order valence-corrected chi connectivity index (χ1v) is 6.72. The van der Waals surface area contributed by atoms with E-state index >= 15 is 0 Å². The Morgan fingerprint density at radius 2 is 2.00 bits per heavy atom. The number of hydrogen-bond acceptors (Lipinski definition) is 2. The van der Waals surface area contributed by atoms with Gasteiger partial charge in [0.05, 0.1) is 7.11 Å². The highest BCUT2D eigenvalue weighted by Crippen LogP contribution is 2.26. The van der Waals surface area contributed by atoms with Crippen LogP contribution in [-0.2, 0) is 6.42 Å². The predicted molar refractivity (Wildman–Crippen MR) is 76.4 cm³/mol. The van der Waals surface area contributed by atoms with Gasteiger partial charge in [-0.25, -0.2) is 0 Å². The van der Waals surface area contributed by atoms with Crippen LogP contribution in [0.3, 0.4) is 0 Å². The Labute approximate surface area is 113 Å². The van der Waals surface area contributed by atoms with E-state index in [9.17, 15) is 0 Å². The third-order valence-corrected chi connectivity index (χ3v) is 3.86. The van der Waals surface area contributed by atoms with Gasteiger partial charge in [0.1, 0.15) is 5.75 Å². The molecule has 0 radical (unpaired) electrons. The van der Waals surface area contributed by atoms with Crippen molar-refractivity contribution in [2.75, 3.05) is 7.11 Å². The van der Waals surface area contributed by atoms with E-state index in [1.165, 1.54) is 5.56 Å². The molecule has 17 heavy (non-hydrogen) atoms. The van der Waals surface area contributed by atoms with Crippen LogP contribution in [-0.4, -0.2) is 13.2 Å². The minimum atomic E-state index is 0.158. The molecule has 0 aliphatic rings. The highest BCUT2D eigenvalue weighted by Gasteiger charge is 2.20. The Hall–Kier alpha value is -0.540. The van der Waals surface area contributed by atoms with Gasteiger partial charge in [-0.1, -0.05) is 36.7 Å². The highest BCUT2D eigenvalue weighted by atomic mass is 79.9. The molecule has 1 aromatic rings. The van der Waals surface area contributed by atoms with Crippen LogP contribution in [0, 0.1) is 5.41 Å². The van der Waals surface area contributed by atoms with Crippen molar-refractivity contribution in [2.45, 2.75) is 39.7 Å². The molecule has 2 nitrogen and oxygen atoms in total. The second-order valence-electron chi connectivity index (χ2n) is 5.47. The fraction of sp³-hybridized carbons (Fsp3) is 0.571. The zero-order chi connectivity index (χ0) is 13.1. The van der Waals surface area contributed by atoms with Gasteiger partial charge < -0.3 is 10.5 Å². The fourth-order valence-electron chi connectivity index (χ4n) is 1.61. The number of ether oxygens (including phenoxy) is 1. The second-order valence-corrected chi connectivity index (χ2v) is 6.32. The maximum Gasteiger partial charge on any atom is 0.119 e. The van der Waals surface area contributed by atoms with E-state index in [1.807, 2.05) is 12.1 Å². The lowest BCUT2D eigenvalue weighted by Crippen LogP contribution is -2.35. The monoisotopic (exact) mass is 299 g/mol. The van der Waals surface area contributed by atoms with E-state index in [-0.39, 0.29) is 11.5 Å². The number of aryl methyl sites for hydroxylation is 1. The average Bonchev–Trinajstić information content (AvgIpc) is 2.26. The van der Waals surface area contributed by atoms with Crippen molar-refractivity contribution in [3.8, 4) is 5.75 Å². The predicted octanol–water partition coefficient (Wildman–Crippen LogP) is 3.76. The first kappa shape index (κ1) is 14.5. The Balaban J connectivity index is 2.69. The molecule has 1 aromatic carbocycles. The van der Waals surface area contributed by atoms with Crippen LogP contribution in [0.1, 0.15) is 32.8 Å². The zero-order valence-corrected chi connectivity index (χ0v) is 12.7. The summed E-state index contributed by atoms with van der Waals surface area (Å²) in [4.78, 5) is 0. The molecule has 0 aliphatic heterocycles. The van der Waals surface area contributed by atoms with Crippen molar-refractivity contribution >= 4 is 15.9 Å². The smallest absolute Gasteiger partial charge is 0.119 e. The molecule has 1 atom stereocenters. The number of hydrogen-bond donors (Lipinski definition) is 1. The molecular weight excluding hydrogens is 278 g/mol. The van der Waals surface area contributed by atoms with E-state index in [0.29, 0.717) is 0 Å². The summed E-state index contributed by atoms with van der Waals surface area (Å²) < 4.78 is 6.36. The summed E-state index contributed by atoms with van der Waals surface area (Å²) >= 11 is 3.56. The van der Waals surface area contributed by atoms with Crippen molar-refractivity contribution in [2.24, 2.45) is 11.1 Å². The van der Waals surface area contributed by atoms with Crippen molar-refractivity contribution in [1.82, 2.24) is 0 Å². The molecule has 3 heteroatoms. The highest BCUT2D eigenvalue weighted by molar-refractivity contribution is 9.10. The van der Waals surface area contributed by atoms with Crippen LogP contribution in [0.5, 0.6) is 5.75 Å². The second kappa shape index (κ2) is 5.87. The lowest BCUT2D eigenvalue weighted by Gasteiger charge is -2.27. The van der Waals surface area contributed by atoms with Gasteiger partial charge in [0, 0.05) is 10.5 Å². The third-order valence-electron chi connectivity index (χ3n) is 3.09. The topological polar surface area (TPSA) is 35.2 Å². The van der Waals surface area contributed by atoms with Gasteiger partial charge in [0.25, 0.3) is 0 Å². The average molecular weight is 300 g/mol. The van der Waals surface area contributed by atoms with Crippen molar-refractivity contribution in [3.63, 3.8) is 0 Å². The Kier molecular flexibility index (Phi) is 5.02. The molecule has 1 rings (SSSR count). The molecule has 0 bridgehead atoms. The molecule has 0 saturated carbocycles. The summed E-state index contributed by atoms with van der Waals surface area (Å²) in [6, 6.07) is 6.26. The minimum absolute atomic E-state index is 0.158. The van der Waals surface area contributed by atoms with E-state index in [1.54, 1.807) is 7.11 Å². The molecule has 0 aliphatic carbocycles. The van der Waals surface area contributed by atoms with Crippen LogP contribution in [0.4, 0.5) is 0 Å². The van der Waals surface area contributed by atoms with Crippen LogP contribution < -0.4 is 10.5 Å². The molecule has 0 amide bonds. The summed E-state index contributed by atoms with van der Waals surface area (Å²) in [5, 5.41) is 0. The Morgan fingerprint density at radius 3 is 2.53 bits per heavy atom. The van der Waals surface area contributed by atoms with Crippen molar-refractivity contribution < 1.29 is 4.74 Å². The SMILES string of the molecule is COc1ccc(Br)c(CCC(N)C(C)(C)C)c1. The normalized spacial score (nSPS) is 13.5. The summed E-state index contributed by atoms with van der Waals surface area (Å²) in [6.45, 7) is 6.54. The van der Waals surface area contributed by atoms with Gasteiger partial charge in [-0.05, 0) is 42.0 Å². The molecule has 96 valence electrons. The van der Waals surface area contributed by atoms with E-state index in [0.717, 1.165) is 23.1 Å². The maximum absolute atomic E-state index is 6.17. The summed E-state index contributed by atoms with van der Waals surface area (Å²) in [6.07, 6.45) is 1.95. The molecule has 0 fully saturated rings. The summed E-state index contributed by atoms with van der Waals surface area (Å²) in [7, 11) is 1.69. The van der Waals surface area contributed by atoms with Gasteiger partial charge in [-0.15, -0.1) is 0 Å². The van der Waals surface area contributed by atoms with Gasteiger partial charge in [0.15, 0.2) is 0 Å². The first-order chi connectivity index (χ1) is 7.84. The zero-order valence-electron chi connectivity index (χ0n) is 11.1. The molecule has 0 aromatic heterocycles. The van der Waals surface area contributed by atoms with Gasteiger partial charge in [0.2, 0.25) is 0 Å². The summed E-state index contributed by atoms with van der Waals surface area (Å²) in [5.41, 5.74) is 7.58. The lowest BCUT2D eigenvalue weighted by atomic mass is 9.84. The molecular formula is C14H22BrNO. The largest absolute Gasteiger partial charge is 0.497 e. The summed E-state index contributed by atoms with van der Waals surface area (Å²) in [5.74, 6) is 0.896. The van der Waals surface area contributed by atoms with Gasteiger partial charge in [-0.3, -0.25) is 0 Å². The number of benzene rings is 1. The van der Waals surface area contributed by atoms with Crippen LogP contribution in [0.25, 0.3) is 0 Å². The molecule has 0 saturated heterocycles. The van der Waals surface area contributed by atoms with E-state index in [2.05, 4.69) is 42.8 Å². The first-order valence-electron chi connectivity index (χ1n) is 5.92. The third kappa shape index (κ3) is 4.32. The van der Waals surface area contributed by atoms with Gasteiger partial charge >= 0.3 is 0 Å². The van der Waals surface area contributed by atoms with Crippen LogP contribution in [0.2, 0.25) is 0 Å². The minimum Gasteiger partial charge on any atom is -0.497 e. The molecule has 0 heterocycles. The quantitative estimate of drug-likeness (QED) is 0.919. The van der Waals surface area contributed by atoms with Crippen molar-refractivity contribution in [3.05, 3.63) is 28.2 Å². The van der Waals surface area contributed by atoms with Gasteiger partial charge in [-0.2, -0.15) is 0 Å². The van der Waals surface area contributed by atoms with Crippen molar-refractivity contribution in [1.29, 1.82) is 0 Å². The molecule has 2 N–H and O–H groups in total. The standard InChI is InChI=1S/C14H22BrNO/c1-14(2,3)13(16)8-5-10-9-11(17-4)6-7-12(10)15/h6-7,9,13H,5,8,16H2,1-4H3. The number of halogens is 1. The fourth-order valence-corrected chi connectivity index (χ4v) is 2.06. The van der Waals surface area contributed by atoms with E-state index in [4.69, 9.17) is 10.5 Å². The number of nitrogens with two attached hydrogens (primary N) is 1.